The highest BCUT2D eigenvalue weighted by atomic mass is 16.2. The number of carbonyl (C=O) groups is 2. The van der Waals surface area contributed by atoms with E-state index in [2.05, 4.69) is 45.9 Å². The van der Waals surface area contributed by atoms with Crippen LogP contribution in [0.2, 0.25) is 0 Å². The molecule has 0 unspecified atom stereocenters. The molecular weight excluding hydrogens is 276 g/mol. The van der Waals surface area contributed by atoms with Gasteiger partial charge in [-0.15, -0.1) is 0 Å². The Bertz CT molecular complexity index is 553. The molecule has 1 saturated heterocycles. The molecule has 2 rings (SSSR count). The minimum Gasteiger partial charge on any atom is -0.342 e. The molecule has 120 valence electrons. The summed E-state index contributed by atoms with van der Waals surface area (Å²) < 4.78 is 0. The first kappa shape index (κ1) is 16.5. The van der Waals surface area contributed by atoms with E-state index in [4.69, 9.17) is 0 Å². The van der Waals surface area contributed by atoms with Crippen molar-refractivity contribution in [2.75, 3.05) is 26.2 Å². The Balaban J connectivity index is 2.07. The summed E-state index contributed by atoms with van der Waals surface area (Å²) >= 11 is 0. The molecule has 1 aromatic carbocycles. The molecule has 0 radical (unpaired) electrons. The maximum Gasteiger partial charge on any atom is 0.227 e. The average Bonchev–Trinajstić information content (AvgIpc) is 2.48. The van der Waals surface area contributed by atoms with Crippen LogP contribution in [0.4, 0.5) is 0 Å². The van der Waals surface area contributed by atoms with E-state index in [1.165, 1.54) is 5.56 Å². The lowest BCUT2D eigenvalue weighted by Gasteiger charge is -2.32. The van der Waals surface area contributed by atoms with Gasteiger partial charge in [-0.05, 0) is 29.0 Å². The first-order valence-electron chi connectivity index (χ1n) is 7.88. The second-order valence-electron chi connectivity index (χ2n) is 7.09. The highest BCUT2D eigenvalue weighted by Gasteiger charge is 2.21. The van der Waals surface area contributed by atoms with Gasteiger partial charge in [0.05, 0.1) is 6.42 Å². The number of carbonyl (C=O) groups excluding carboxylic acids is 2. The quantitative estimate of drug-likeness (QED) is 0.803. The number of piperazine rings is 1. The monoisotopic (exact) mass is 302 g/mol. The number of hydrogen-bond acceptors (Lipinski definition) is 2. The molecule has 1 aromatic rings. The van der Waals surface area contributed by atoms with Crippen molar-refractivity contribution in [3.8, 4) is 0 Å². The van der Waals surface area contributed by atoms with Gasteiger partial charge in [-0.3, -0.25) is 9.59 Å². The van der Waals surface area contributed by atoms with Crippen molar-refractivity contribution in [3.63, 3.8) is 0 Å². The first-order chi connectivity index (χ1) is 10.3. The molecule has 22 heavy (non-hydrogen) atoms. The molecule has 2 amide bonds. The summed E-state index contributed by atoms with van der Waals surface area (Å²) in [5.41, 5.74) is 3.61. The van der Waals surface area contributed by atoms with Crippen molar-refractivity contribution >= 4 is 12.3 Å². The molecule has 0 atom stereocenters. The van der Waals surface area contributed by atoms with Crippen LogP contribution in [-0.2, 0) is 21.4 Å². The zero-order chi connectivity index (χ0) is 16.3. The molecule has 1 aliphatic heterocycles. The molecule has 1 fully saturated rings. The summed E-state index contributed by atoms with van der Waals surface area (Å²) in [6.45, 7) is 11.1. The van der Waals surface area contributed by atoms with Crippen molar-refractivity contribution in [1.82, 2.24) is 9.80 Å². The van der Waals surface area contributed by atoms with Gasteiger partial charge in [0.1, 0.15) is 0 Å². The molecule has 0 aromatic heterocycles. The summed E-state index contributed by atoms with van der Waals surface area (Å²) in [5, 5.41) is 0. The molecule has 4 nitrogen and oxygen atoms in total. The summed E-state index contributed by atoms with van der Waals surface area (Å²) in [6, 6.07) is 6.41. The Kier molecular flexibility index (Phi) is 4.89. The number of benzene rings is 1. The molecule has 0 spiro atoms. The maximum absolute atomic E-state index is 12.5. The van der Waals surface area contributed by atoms with Crippen LogP contribution in [0.5, 0.6) is 0 Å². The molecule has 1 heterocycles. The van der Waals surface area contributed by atoms with E-state index >= 15 is 0 Å². The minimum absolute atomic E-state index is 0.0844. The van der Waals surface area contributed by atoms with E-state index in [1.807, 2.05) is 4.90 Å². The highest BCUT2D eigenvalue weighted by Crippen LogP contribution is 2.25. The van der Waals surface area contributed by atoms with Crippen molar-refractivity contribution < 1.29 is 9.59 Å². The van der Waals surface area contributed by atoms with Gasteiger partial charge in [0.15, 0.2) is 0 Å². The van der Waals surface area contributed by atoms with Crippen LogP contribution in [0.3, 0.4) is 0 Å². The Labute approximate surface area is 133 Å². The summed E-state index contributed by atoms with van der Waals surface area (Å²) in [4.78, 5) is 26.8. The zero-order valence-electron chi connectivity index (χ0n) is 14.1. The van der Waals surface area contributed by atoms with E-state index in [-0.39, 0.29) is 11.3 Å². The van der Waals surface area contributed by atoms with Gasteiger partial charge in [-0.1, -0.05) is 39.0 Å². The van der Waals surface area contributed by atoms with E-state index in [0.717, 1.165) is 17.5 Å². The fraction of sp³-hybridized carbons (Fsp3) is 0.556. The maximum atomic E-state index is 12.5. The first-order valence-corrected chi connectivity index (χ1v) is 7.88. The molecular formula is C18H26N2O2. The third-order valence-electron chi connectivity index (χ3n) is 4.37. The second-order valence-corrected chi connectivity index (χ2v) is 7.09. The van der Waals surface area contributed by atoms with E-state index < -0.39 is 0 Å². The summed E-state index contributed by atoms with van der Waals surface area (Å²) in [6.07, 6.45) is 1.30. The van der Waals surface area contributed by atoms with Crippen LogP contribution in [0.15, 0.2) is 18.2 Å². The molecule has 0 aliphatic carbocycles. The SMILES string of the molecule is Cc1ccc(C(C)(C)C)cc1CC(=O)N1CCN(C=O)CC1. The van der Waals surface area contributed by atoms with Gasteiger partial charge in [0.2, 0.25) is 12.3 Å². The predicted molar refractivity (Wildman–Crippen MR) is 87.8 cm³/mol. The minimum atomic E-state index is 0.0844. The lowest BCUT2D eigenvalue weighted by atomic mass is 9.85. The van der Waals surface area contributed by atoms with Gasteiger partial charge in [0, 0.05) is 26.2 Å². The number of amides is 2. The molecule has 0 saturated carbocycles. The van der Waals surface area contributed by atoms with Crippen molar-refractivity contribution in [3.05, 3.63) is 34.9 Å². The fourth-order valence-electron chi connectivity index (χ4n) is 2.68. The van der Waals surface area contributed by atoms with E-state index in [9.17, 15) is 9.59 Å². The van der Waals surface area contributed by atoms with E-state index in [1.54, 1.807) is 4.90 Å². The third kappa shape index (κ3) is 3.87. The lowest BCUT2D eigenvalue weighted by molar-refractivity contribution is -0.134. The van der Waals surface area contributed by atoms with Gasteiger partial charge < -0.3 is 9.80 Å². The lowest BCUT2D eigenvalue weighted by Crippen LogP contribution is -2.48. The summed E-state index contributed by atoms with van der Waals surface area (Å²) in [7, 11) is 0. The standard InChI is InChI=1S/C18H26N2O2/c1-14-5-6-16(18(2,3)4)11-15(14)12-17(22)20-9-7-19(13-21)8-10-20/h5-6,11,13H,7-10,12H2,1-4H3. The van der Waals surface area contributed by atoms with Crippen molar-refractivity contribution in [2.45, 2.75) is 39.5 Å². The van der Waals surface area contributed by atoms with Gasteiger partial charge >= 0.3 is 0 Å². The van der Waals surface area contributed by atoms with Gasteiger partial charge in [0.25, 0.3) is 0 Å². The van der Waals surface area contributed by atoms with Crippen molar-refractivity contribution in [2.24, 2.45) is 0 Å². The van der Waals surface area contributed by atoms with Crippen LogP contribution in [0.1, 0.15) is 37.5 Å². The van der Waals surface area contributed by atoms with Crippen LogP contribution < -0.4 is 0 Å². The normalized spacial score (nSPS) is 15.8. The smallest absolute Gasteiger partial charge is 0.227 e. The Morgan fingerprint density at radius 1 is 1.18 bits per heavy atom. The number of aryl methyl sites for hydroxylation is 1. The van der Waals surface area contributed by atoms with Gasteiger partial charge in [-0.2, -0.15) is 0 Å². The van der Waals surface area contributed by atoms with Crippen molar-refractivity contribution in [1.29, 1.82) is 0 Å². The average molecular weight is 302 g/mol. The largest absolute Gasteiger partial charge is 0.342 e. The number of nitrogens with zero attached hydrogens (tertiary/aromatic N) is 2. The third-order valence-corrected chi connectivity index (χ3v) is 4.37. The highest BCUT2D eigenvalue weighted by molar-refractivity contribution is 5.79. The predicted octanol–water partition coefficient (Wildman–Crippen LogP) is 2.14. The topological polar surface area (TPSA) is 40.6 Å². The van der Waals surface area contributed by atoms with Crippen LogP contribution in [0.25, 0.3) is 0 Å². The van der Waals surface area contributed by atoms with Crippen LogP contribution in [0, 0.1) is 6.92 Å². The van der Waals surface area contributed by atoms with E-state index in [0.29, 0.717) is 32.6 Å². The number of rotatable bonds is 3. The molecule has 1 aliphatic rings. The zero-order valence-corrected chi connectivity index (χ0v) is 14.1. The molecule has 0 N–H and O–H groups in total. The second kappa shape index (κ2) is 6.51. The van der Waals surface area contributed by atoms with Crippen LogP contribution >= 0.6 is 0 Å². The number of hydrogen-bond donors (Lipinski definition) is 0. The van der Waals surface area contributed by atoms with Crippen LogP contribution in [-0.4, -0.2) is 48.3 Å². The molecule has 4 heteroatoms. The Hall–Kier alpha value is -1.84. The van der Waals surface area contributed by atoms with Gasteiger partial charge in [-0.25, -0.2) is 0 Å². The summed E-state index contributed by atoms with van der Waals surface area (Å²) in [5.74, 6) is 0.153. The Morgan fingerprint density at radius 3 is 2.36 bits per heavy atom. The fourth-order valence-corrected chi connectivity index (χ4v) is 2.68. The Morgan fingerprint density at radius 2 is 1.82 bits per heavy atom. The molecule has 0 bridgehead atoms.